The molecule has 1 saturated heterocycles. The van der Waals surface area contributed by atoms with Crippen molar-refractivity contribution in [2.45, 2.75) is 24.7 Å². The van der Waals surface area contributed by atoms with E-state index < -0.39 is 24.8 Å². The van der Waals surface area contributed by atoms with Crippen molar-refractivity contribution in [1.82, 2.24) is 10.3 Å². The predicted molar refractivity (Wildman–Crippen MR) is 80.3 cm³/mol. The molecule has 0 aliphatic carbocycles. The second-order valence-electron chi connectivity index (χ2n) is 5.35. The number of hydrogen-bond donors (Lipinski definition) is 1. The van der Waals surface area contributed by atoms with Gasteiger partial charge in [0, 0.05) is 20.4 Å². The topological polar surface area (TPSA) is 86.8 Å². The SMILES string of the molecule is COC(=O)[C@@H]1C[C@](C)(P(=O)(OC)OC)N[C@@H]1c1ccccn1. The third kappa shape index (κ3) is 2.82. The van der Waals surface area contributed by atoms with Crippen LogP contribution in [0.2, 0.25) is 0 Å². The molecule has 2 heterocycles. The molecule has 22 heavy (non-hydrogen) atoms. The highest BCUT2D eigenvalue weighted by atomic mass is 31.2. The minimum atomic E-state index is -3.43. The quantitative estimate of drug-likeness (QED) is 0.654. The molecule has 122 valence electrons. The molecule has 0 unspecified atom stereocenters. The number of aromatic nitrogens is 1. The van der Waals surface area contributed by atoms with Crippen LogP contribution < -0.4 is 5.32 Å². The molecule has 0 amide bonds. The number of esters is 1. The zero-order chi connectivity index (χ0) is 16.4. The highest BCUT2D eigenvalue weighted by Gasteiger charge is 2.57. The van der Waals surface area contributed by atoms with Crippen LogP contribution in [0.5, 0.6) is 0 Å². The van der Waals surface area contributed by atoms with E-state index in [1.807, 2.05) is 12.1 Å². The summed E-state index contributed by atoms with van der Waals surface area (Å²) in [5.41, 5.74) is 0.681. The van der Waals surface area contributed by atoms with Gasteiger partial charge in [-0.25, -0.2) is 0 Å². The normalized spacial score (nSPS) is 28.5. The molecule has 1 aliphatic heterocycles. The van der Waals surface area contributed by atoms with Crippen LogP contribution in [0, 0.1) is 5.92 Å². The van der Waals surface area contributed by atoms with E-state index in [1.54, 1.807) is 19.2 Å². The van der Waals surface area contributed by atoms with Gasteiger partial charge in [-0.05, 0) is 25.5 Å². The van der Waals surface area contributed by atoms with E-state index in [1.165, 1.54) is 21.3 Å². The highest BCUT2D eigenvalue weighted by molar-refractivity contribution is 7.55. The van der Waals surface area contributed by atoms with Crippen molar-refractivity contribution >= 4 is 13.6 Å². The molecule has 8 heteroatoms. The number of nitrogens with one attached hydrogen (secondary N) is 1. The first kappa shape index (κ1) is 17.1. The van der Waals surface area contributed by atoms with Gasteiger partial charge in [0.15, 0.2) is 0 Å². The smallest absolute Gasteiger partial charge is 0.349 e. The van der Waals surface area contributed by atoms with Crippen LogP contribution in [0.25, 0.3) is 0 Å². The van der Waals surface area contributed by atoms with Crippen molar-refractivity contribution < 1.29 is 23.1 Å². The Morgan fingerprint density at radius 1 is 1.36 bits per heavy atom. The maximum atomic E-state index is 12.8. The minimum Gasteiger partial charge on any atom is -0.469 e. The zero-order valence-corrected chi connectivity index (χ0v) is 14.0. The lowest BCUT2D eigenvalue weighted by Crippen LogP contribution is -2.38. The molecule has 0 saturated carbocycles. The largest absolute Gasteiger partial charge is 0.469 e. The van der Waals surface area contributed by atoms with Crippen molar-refractivity contribution in [2.24, 2.45) is 5.92 Å². The molecule has 1 aromatic heterocycles. The molecular weight excluding hydrogens is 307 g/mol. The van der Waals surface area contributed by atoms with E-state index >= 15 is 0 Å². The van der Waals surface area contributed by atoms with E-state index in [0.29, 0.717) is 5.69 Å². The molecular formula is C14H21N2O5P. The number of ether oxygens (including phenoxy) is 1. The summed E-state index contributed by atoms with van der Waals surface area (Å²) in [5, 5.41) is 2.21. The first-order valence-corrected chi connectivity index (χ1v) is 8.43. The molecule has 2 rings (SSSR count). The summed E-state index contributed by atoms with van der Waals surface area (Å²) in [6, 6.07) is 5.02. The Bertz CT molecular complexity index is 574. The number of carbonyl (C=O) groups is 1. The number of nitrogens with zero attached hydrogens (tertiary/aromatic N) is 1. The van der Waals surface area contributed by atoms with Crippen molar-refractivity contribution in [3.63, 3.8) is 0 Å². The van der Waals surface area contributed by atoms with Crippen LogP contribution >= 0.6 is 7.60 Å². The summed E-state index contributed by atoms with van der Waals surface area (Å²) < 4.78 is 27.9. The Morgan fingerprint density at radius 2 is 2.05 bits per heavy atom. The third-order valence-corrected chi connectivity index (χ3v) is 6.56. The van der Waals surface area contributed by atoms with E-state index in [-0.39, 0.29) is 12.4 Å². The van der Waals surface area contributed by atoms with Gasteiger partial charge in [0.25, 0.3) is 0 Å². The molecule has 3 atom stereocenters. The van der Waals surface area contributed by atoms with Gasteiger partial charge in [0.05, 0.1) is 24.8 Å². The first-order valence-electron chi connectivity index (χ1n) is 6.89. The van der Waals surface area contributed by atoms with Gasteiger partial charge in [-0.15, -0.1) is 0 Å². The standard InChI is InChI=1S/C14H21N2O5P/c1-14(22(18,20-3)21-4)9-10(13(17)19-2)12(16-14)11-7-5-6-8-15-11/h5-8,10,12,16H,9H2,1-4H3/t10-,12+,14+/m1/s1. The van der Waals surface area contributed by atoms with Crippen molar-refractivity contribution in [2.75, 3.05) is 21.3 Å². The highest BCUT2D eigenvalue weighted by Crippen LogP contribution is 2.63. The fourth-order valence-electron chi connectivity index (χ4n) is 2.92. The van der Waals surface area contributed by atoms with E-state index in [4.69, 9.17) is 13.8 Å². The van der Waals surface area contributed by atoms with Gasteiger partial charge in [0.1, 0.15) is 5.28 Å². The van der Waals surface area contributed by atoms with Crippen molar-refractivity contribution in [1.29, 1.82) is 0 Å². The van der Waals surface area contributed by atoms with E-state index in [0.717, 1.165) is 0 Å². The van der Waals surface area contributed by atoms with Gasteiger partial charge in [-0.1, -0.05) is 6.07 Å². The molecule has 1 aromatic rings. The first-order chi connectivity index (χ1) is 10.4. The van der Waals surface area contributed by atoms with Gasteiger partial charge in [-0.3, -0.25) is 19.7 Å². The second-order valence-corrected chi connectivity index (χ2v) is 8.06. The Labute approximate surface area is 129 Å². The van der Waals surface area contributed by atoms with Crippen molar-refractivity contribution in [3.05, 3.63) is 30.1 Å². The Balaban J connectivity index is 2.41. The van der Waals surface area contributed by atoms with Crippen LogP contribution in [0.3, 0.4) is 0 Å². The number of hydrogen-bond acceptors (Lipinski definition) is 7. The van der Waals surface area contributed by atoms with Gasteiger partial charge in [-0.2, -0.15) is 0 Å². The maximum Gasteiger partial charge on any atom is 0.349 e. The predicted octanol–water partition coefficient (Wildman–Crippen LogP) is 2.11. The lowest BCUT2D eigenvalue weighted by molar-refractivity contribution is -0.145. The Kier molecular flexibility index (Phi) is 5.02. The summed E-state index contributed by atoms with van der Waals surface area (Å²) in [6.07, 6.45) is 1.91. The van der Waals surface area contributed by atoms with Crippen LogP contribution in [0.15, 0.2) is 24.4 Å². The molecule has 1 fully saturated rings. The molecule has 1 aliphatic rings. The Hall–Kier alpha value is -1.27. The van der Waals surface area contributed by atoms with Gasteiger partial charge >= 0.3 is 13.6 Å². The number of carbonyl (C=O) groups excluding carboxylic acids is 1. The second kappa shape index (κ2) is 6.46. The summed E-state index contributed by atoms with van der Waals surface area (Å²) in [6.45, 7) is 1.72. The number of pyridine rings is 1. The van der Waals surface area contributed by atoms with Crippen LogP contribution in [0.4, 0.5) is 0 Å². The maximum absolute atomic E-state index is 12.8. The molecule has 0 bridgehead atoms. The average Bonchev–Trinajstić information content (AvgIpc) is 2.93. The number of rotatable bonds is 5. The molecule has 0 spiro atoms. The monoisotopic (exact) mass is 328 g/mol. The molecule has 0 radical (unpaired) electrons. The fraction of sp³-hybridized carbons (Fsp3) is 0.571. The lowest BCUT2D eigenvalue weighted by Gasteiger charge is -2.31. The summed E-state index contributed by atoms with van der Waals surface area (Å²) in [7, 11) is 0.564. The fourth-order valence-corrected chi connectivity index (χ4v) is 4.59. The summed E-state index contributed by atoms with van der Waals surface area (Å²) in [4.78, 5) is 16.4. The van der Waals surface area contributed by atoms with Crippen LogP contribution in [-0.2, 0) is 23.1 Å². The average molecular weight is 328 g/mol. The van der Waals surface area contributed by atoms with E-state index in [9.17, 15) is 9.36 Å². The summed E-state index contributed by atoms with van der Waals surface area (Å²) in [5.74, 6) is -0.908. The zero-order valence-electron chi connectivity index (χ0n) is 13.1. The lowest BCUT2D eigenvalue weighted by atomic mass is 9.96. The number of methoxy groups -OCH3 is 1. The van der Waals surface area contributed by atoms with Crippen LogP contribution in [-0.4, -0.2) is 37.6 Å². The van der Waals surface area contributed by atoms with Gasteiger partial charge < -0.3 is 13.8 Å². The molecule has 1 N–H and O–H groups in total. The molecule has 0 aromatic carbocycles. The molecule has 7 nitrogen and oxygen atoms in total. The van der Waals surface area contributed by atoms with Crippen LogP contribution in [0.1, 0.15) is 25.1 Å². The third-order valence-electron chi connectivity index (χ3n) is 4.08. The van der Waals surface area contributed by atoms with Crippen molar-refractivity contribution in [3.8, 4) is 0 Å². The Morgan fingerprint density at radius 3 is 2.55 bits per heavy atom. The van der Waals surface area contributed by atoms with E-state index in [2.05, 4.69) is 10.3 Å². The van der Waals surface area contributed by atoms with Gasteiger partial charge in [0.2, 0.25) is 0 Å². The minimum absolute atomic E-state index is 0.264. The summed E-state index contributed by atoms with van der Waals surface area (Å²) >= 11 is 0.